The van der Waals surface area contributed by atoms with Gasteiger partial charge in [0.2, 0.25) is 11.0 Å². The normalized spacial score (nSPS) is 10.9. The molecule has 0 fully saturated rings. The van der Waals surface area contributed by atoms with Crippen molar-refractivity contribution in [3.8, 4) is 0 Å². The fourth-order valence-corrected chi connectivity index (χ4v) is 4.56. The van der Waals surface area contributed by atoms with Crippen LogP contribution in [0.25, 0.3) is 10.2 Å². The largest absolute Gasteiger partial charge is 0.457 e. The molecule has 0 atom stereocenters. The maximum absolute atomic E-state index is 12.9. The maximum Gasteiger partial charge on any atom is 0.349 e. The highest BCUT2D eigenvalue weighted by molar-refractivity contribution is 7.20. The van der Waals surface area contributed by atoms with E-state index in [4.69, 9.17) is 4.74 Å². The van der Waals surface area contributed by atoms with Crippen LogP contribution in [0.3, 0.4) is 0 Å². The molecule has 9 nitrogen and oxygen atoms in total. The molecule has 0 aliphatic carbocycles. The zero-order valence-corrected chi connectivity index (χ0v) is 18.2. The fraction of sp³-hybridized carbons (Fsp3) is 0.200. The second-order valence-electron chi connectivity index (χ2n) is 6.65. The predicted octanol–water partition coefficient (Wildman–Crippen LogP) is 2.92. The Balaban J connectivity index is 1.53. The molecule has 4 aromatic rings. The molecule has 31 heavy (non-hydrogen) atoms. The fourth-order valence-electron chi connectivity index (χ4n) is 2.92. The molecule has 0 aliphatic rings. The van der Waals surface area contributed by atoms with Crippen LogP contribution in [-0.4, -0.2) is 31.6 Å². The van der Waals surface area contributed by atoms with Crippen LogP contribution in [0.2, 0.25) is 0 Å². The number of nitrogens with zero attached hydrogens (tertiary/aromatic N) is 4. The number of rotatable bonds is 6. The van der Waals surface area contributed by atoms with Gasteiger partial charge in [0, 0.05) is 0 Å². The molecule has 1 N–H and O–H groups in total. The number of carbonyl (C=O) groups is 2. The van der Waals surface area contributed by atoms with Crippen LogP contribution in [0.5, 0.6) is 0 Å². The number of anilines is 1. The minimum atomic E-state index is -0.514. The molecule has 0 radical (unpaired) electrons. The zero-order valence-electron chi connectivity index (χ0n) is 16.6. The van der Waals surface area contributed by atoms with Crippen LogP contribution in [0.1, 0.15) is 25.8 Å². The minimum absolute atomic E-state index is 0.135. The summed E-state index contributed by atoms with van der Waals surface area (Å²) in [4.78, 5) is 42.8. The molecule has 0 aliphatic heterocycles. The van der Waals surface area contributed by atoms with Crippen LogP contribution in [0, 0.1) is 13.8 Å². The summed E-state index contributed by atoms with van der Waals surface area (Å²) in [6, 6.07) is 9.33. The molecule has 3 aromatic heterocycles. The van der Waals surface area contributed by atoms with Gasteiger partial charge in [-0.25, -0.2) is 9.78 Å². The van der Waals surface area contributed by atoms with Crippen molar-refractivity contribution in [1.82, 2.24) is 19.7 Å². The average molecular weight is 456 g/mol. The molecular formula is C20H17N5O4S2. The molecule has 0 saturated heterocycles. The molecule has 158 valence electrons. The zero-order chi connectivity index (χ0) is 22.0. The molecular weight excluding hydrogens is 438 g/mol. The number of aromatic nitrogens is 4. The maximum atomic E-state index is 12.9. The number of esters is 1. The Bertz CT molecular complexity index is 1330. The second-order valence-corrected chi connectivity index (χ2v) is 8.83. The van der Waals surface area contributed by atoms with E-state index in [1.807, 2.05) is 30.3 Å². The van der Waals surface area contributed by atoms with Crippen LogP contribution in [0.4, 0.5) is 5.13 Å². The Kier molecular flexibility index (Phi) is 5.87. The van der Waals surface area contributed by atoms with Gasteiger partial charge in [0.15, 0.2) is 0 Å². The molecule has 1 aromatic carbocycles. The van der Waals surface area contributed by atoms with Gasteiger partial charge in [0.05, 0.1) is 11.7 Å². The highest BCUT2D eigenvalue weighted by Crippen LogP contribution is 2.27. The molecule has 0 bridgehead atoms. The van der Waals surface area contributed by atoms with Gasteiger partial charge in [-0.2, -0.15) is 0 Å². The highest BCUT2D eigenvalue weighted by atomic mass is 32.1. The Morgan fingerprint density at radius 2 is 1.90 bits per heavy atom. The van der Waals surface area contributed by atoms with Crippen LogP contribution >= 0.6 is 22.7 Å². The van der Waals surface area contributed by atoms with E-state index in [2.05, 4.69) is 20.5 Å². The summed E-state index contributed by atoms with van der Waals surface area (Å²) >= 11 is 2.34. The Morgan fingerprint density at radius 1 is 1.13 bits per heavy atom. The van der Waals surface area contributed by atoms with Gasteiger partial charge in [-0.1, -0.05) is 41.7 Å². The van der Waals surface area contributed by atoms with Crippen molar-refractivity contribution in [2.45, 2.75) is 27.0 Å². The summed E-state index contributed by atoms with van der Waals surface area (Å²) in [5.41, 5.74) is 0.959. The van der Waals surface area contributed by atoms with Gasteiger partial charge in [-0.05, 0) is 25.0 Å². The quantitative estimate of drug-likeness (QED) is 0.444. The van der Waals surface area contributed by atoms with Crippen molar-refractivity contribution in [1.29, 1.82) is 0 Å². The monoisotopic (exact) mass is 455 g/mol. The first-order valence-electron chi connectivity index (χ1n) is 9.22. The van der Waals surface area contributed by atoms with E-state index in [0.717, 1.165) is 21.9 Å². The number of benzene rings is 1. The highest BCUT2D eigenvalue weighted by Gasteiger charge is 2.21. The molecule has 4 rings (SSSR count). The van der Waals surface area contributed by atoms with Gasteiger partial charge in [0.25, 0.3) is 5.56 Å². The summed E-state index contributed by atoms with van der Waals surface area (Å²) in [5, 5.41) is 11.6. The summed E-state index contributed by atoms with van der Waals surface area (Å²) in [6.45, 7) is 3.35. The molecule has 0 saturated carbocycles. The molecule has 0 spiro atoms. The van der Waals surface area contributed by atoms with E-state index in [1.165, 1.54) is 22.2 Å². The number of hydrogen-bond acceptors (Lipinski definition) is 9. The standard InChI is InChI=1S/C20H17N5O4S2/c1-11-15-17(31-16(11)19(28)29-9-13-6-4-3-5-7-13)21-10-25(18(15)27)8-14(26)22-20-24-23-12(2)30-20/h3-7,10H,8-9H2,1-2H3,(H,22,24,26). The average Bonchev–Trinajstić information content (AvgIpc) is 3.32. The first kappa shape index (κ1) is 20.8. The summed E-state index contributed by atoms with van der Waals surface area (Å²) in [5.74, 6) is -0.936. The number of thiophene rings is 1. The number of ether oxygens (including phenoxy) is 1. The van der Waals surface area contributed by atoms with Gasteiger partial charge in [0.1, 0.15) is 27.9 Å². The number of nitrogens with one attached hydrogen (secondary N) is 1. The van der Waals surface area contributed by atoms with Crippen molar-refractivity contribution < 1.29 is 14.3 Å². The van der Waals surface area contributed by atoms with E-state index < -0.39 is 17.4 Å². The number of hydrogen-bond donors (Lipinski definition) is 1. The van der Waals surface area contributed by atoms with Crippen molar-refractivity contribution in [2.24, 2.45) is 0 Å². The molecule has 11 heteroatoms. The smallest absolute Gasteiger partial charge is 0.349 e. The summed E-state index contributed by atoms with van der Waals surface area (Å²) in [6.07, 6.45) is 1.30. The third-order valence-electron chi connectivity index (χ3n) is 4.40. The van der Waals surface area contributed by atoms with Crippen LogP contribution < -0.4 is 10.9 Å². The van der Waals surface area contributed by atoms with E-state index in [-0.39, 0.29) is 13.2 Å². The third-order valence-corrected chi connectivity index (χ3v) is 6.34. The molecule has 3 heterocycles. The van der Waals surface area contributed by atoms with Crippen molar-refractivity contribution >= 4 is 49.9 Å². The first-order chi connectivity index (χ1) is 14.9. The lowest BCUT2D eigenvalue weighted by Crippen LogP contribution is -2.27. The third kappa shape index (κ3) is 4.52. The summed E-state index contributed by atoms with van der Waals surface area (Å²) < 4.78 is 6.59. The van der Waals surface area contributed by atoms with Crippen molar-refractivity contribution in [3.05, 3.63) is 68.0 Å². The lowest BCUT2D eigenvalue weighted by atomic mass is 10.2. The van der Waals surface area contributed by atoms with E-state index in [0.29, 0.717) is 25.8 Å². The Morgan fingerprint density at radius 3 is 2.61 bits per heavy atom. The number of aryl methyl sites for hydroxylation is 2. The van der Waals surface area contributed by atoms with Gasteiger partial charge < -0.3 is 4.74 Å². The molecule has 1 amide bonds. The van der Waals surface area contributed by atoms with E-state index >= 15 is 0 Å². The van der Waals surface area contributed by atoms with Crippen molar-refractivity contribution in [2.75, 3.05) is 5.32 Å². The summed E-state index contributed by atoms with van der Waals surface area (Å²) in [7, 11) is 0. The topological polar surface area (TPSA) is 116 Å². The van der Waals surface area contributed by atoms with Gasteiger partial charge in [-0.15, -0.1) is 21.5 Å². The first-order valence-corrected chi connectivity index (χ1v) is 10.8. The number of carbonyl (C=O) groups excluding carboxylic acids is 2. The molecule has 0 unspecified atom stereocenters. The second kappa shape index (κ2) is 8.74. The van der Waals surface area contributed by atoms with Crippen LogP contribution in [0.15, 0.2) is 41.5 Å². The number of amides is 1. The Hall–Kier alpha value is -3.44. The lowest BCUT2D eigenvalue weighted by Gasteiger charge is -2.05. The van der Waals surface area contributed by atoms with E-state index in [1.54, 1.807) is 13.8 Å². The predicted molar refractivity (Wildman–Crippen MR) is 117 cm³/mol. The van der Waals surface area contributed by atoms with Gasteiger partial charge in [-0.3, -0.25) is 19.5 Å². The Labute approximate surface area is 184 Å². The van der Waals surface area contributed by atoms with E-state index in [9.17, 15) is 14.4 Å². The number of fused-ring (bicyclic) bond motifs is 1. The lowest BCUT2D eigenvalue weighted by molar-refractivity contribution is -0.116. The minimum Gasteiger partial charge on any atom is -0.457 e. The van der Waals surface area contributed by atoms with Crippen molar-refractivity contribution in [3.63, 3.8) is 0 Å². The van der Waals surface area contributed by atoms with Gasteiger partial charge >= 0.3 is 5.97 Å². The van der Waals surface area contributed by atoms with Crippen LogP contribution in [-0.2, 0) is 22.7 Å². The SMILES string of the molecule is Cc1nnc(NC(=O)Cn2cnc3sc(C(=O)OCc4ccccc4)c(C)c3c2=O)s1.